The lowest BCUT2D eigenvalue weighted by atomic mass is 10.0. The first-order valence-electron chi connectivity index (χ1n) is 7.82. The summed E-state index contributed by atoms with van der Waals surface area (Å²) >= 11 is 0. The predicted octanol–water partition coefficient (Wildman–Crippen LogP) is 3.60. The molecule has 3 nitrogen and oxygen atoms in total. The van der Waals surface area contributed by atoms with Crippen molar-refractivity contribution in [1.29, 1.82) is 0 Å². The maximum Gasteiger partial charge on any atom is 0.161 e. The van der Waals surface area contributed by atoms with Crippen molar-refractivity contribution in [3.63, 3.8) is 0 Å². The lowest BCUT2D eigenvalue weighted by Crippen LogP contribution is -2.21. The van der Waals surface area contributed by atoms with Crippen molar-refractivity contribution in [3.05, 3.63) is 59.7 Å². The van der Waals surface area contributed by atoms with Crippen LogP contribution >= 0.6 is 0 Å². The summed E-state index contributed by atoms with van der Waals surface area (Å²) in [5, 5.41) is 0. The minimum Gasteiger partial charge on any atom is -0.493 e. The molecule has 2 rings (SSSR count). The Morgan fingerprint density at radius 2 is 1.77 bits per heavy atom. The van der Waals surface area contributed by atoms with E-state index in [0.717, 1.165) is 30.8 Å². The molecule has 0 radical (unpaired) electrons. The van der Waals surface area contributed by atoms with E-state index < -0.39 is 0 Å². The van der Waals surface area contributed by atoms with Gasteiger partial charge in [0.1, 0.15) is 0 Å². The average molecular weight is 299 g/mol. The van der Waals surface area contributed by atoms with E-state index in [1.807, 2.05) is 30.3 Å². The summed E-state index contributed by atoms with van der Waals surface area (Å²) in [6, 6.07) is 16.6. The molecule has 2 aromatic rings. The molecule has 0 bridgehead atoms. The fourth-order valence-electron chi connectivity index (χ4n) is 2.33. The number of benzene rings is 2. The van der Waals surface area contributed by atoms with E-state index in [1.54, 1.807) is 7.11 Å². The zero-order chi connectivity index (χ0) is 15.8. The van der Waals surface area contributed by atoms with E-state index >= 15 is 0 Å². The third-order valence-electron chi connectivity index (χ3n) is 3.74. The van der Waals surface area contributed by atoms with Crippen LogP contribution in [0.1, 0.15) is 24.5 Å². The van der Waals surface area contributed by atoms with Gasteiger partial charge in [-0.05, 0) is 36.1 Å². The minimum atomic E-state index is 0.186. The van der Waals surface area contributed by atoms with E-state index in [9.17, 15) is 0 Å². The monoisotopic (exact) mass is 299 g/mol. The zero-order valence-corrected chi connectivity index (χ0v) is 13.4. The van der Waals surface area contributed by atoms with Crippen LogP contribution in [-0.2, 0) is 12.8 Å². The summed E-state index contributed by atoms with van der Waals surface area (Å²) in [5.74, 6) is 1.56. The first-order valence-corrected chi connectivity index (χ1v) is 7.82. The Balaban J connectivity index is 1.99. The summed E-state index contributed by atoms with van der Waals surface area (Å²) in [6.45, 7) is 2.73. The maximum atomic E-state index is 6.03. The molecule has 1 atom stereocenters. The Labute approximate surface area is 133 Å². The maximum absolute atomic E-state index is 6.03. The minimum absolute atomic E-state index is 0.186. The molecule has 0 aromatic heterocycles. The number of rotatable bonds is 8. The van der Waals surface area contributed by atoms with Gasteiger partial charge in [0.15, 0.2) is 11.5 Å². The number of hydrogen-bond acceptors (Lipinski definition) is 3. The van der Waals surface area contributed by atoms with E-state index in [1.165, 1.54) is 11.1 Å². The van der Waals surface area contributed by atoms with Crippen LogP contribution < -0.4 is 15.2 Å². The highest BCUT2D eigenvalue weighted by Gasteiger charge is 2.08. The molecule has 0 fully saturated rings. The smallest absolute Gasteiger partial charge is 0.161 e. The van der Waals surface area contributed by atoms with Gasteiger partial charge >= 0.3 is 0 Å². The van der Waals surface area contributed by atoms with Crippen molar-refractivity contribution < 1.29 is 9.47 Å². The summed E-state index contributed by atoms with van der Waals surface area (Å²) in [4.78, 5) is 0. The molecule has 0 amide bonds. The van der Waals surface area contributed by atoms with Crippen molar-refractivity contribution in [3.8, 4) is 11.5 Å². The Morgan fingerprint density at radius 1 is 1.00 bits per heavy atom. The van der Waals surface area contributed by atoms with Gasteiger partial charge in [-0.3, -0.25) is 0 Å². The van der Waals surface area contributed by atoms with Crippen LogP contribution in [0.2, 0.25) is 0 Å². The molecule has 0 aliphatic rings. The van der Waals surface area contributed by atoms with Gasteiger partial charge in [0, 0.05) is 12.5 Å². The second kappa shape index (κ2) is 8.44. The molecule has 22 heavy (non-hydrogen) atoms. The van der Waals surface area contributed by atoms with Gasteiger partial charge in [-0.1, -0.05) is 43.3 Å². The Bertz CT molecular complexity index is 569. The van der Waals surface area contributed by atoms with Crippen LogP contribution in [0, 0.1) is 0 Å². The van der Waals surface area contributed by atoms with Gasteiger partial charge in [0.2, 0.25) is 0 Å². The van der Waals surface area contributed by atoms with E-state index in [0.29, 0.717) is 6.61 Å². The molecule has 0 saturated heterocycles. The van der Waals surface area contributed by atoms with Crippen LogP contribution in [0.5, 0.6) is 11.5 Å². The number of methoxy groups -OCH3 is 1. The third kappa shape index (κ3) is 4.78. The molecule has 0 heterocycles. The van der Waals surface area contributed by atoms with E-state index in [4.69, 9.17) is 15.2 Å². The van der Waals surface area contributed by atoms with Crippen LogP contribution in [0.15, 0.2) is 48.5 Å². The summed E-state index contributed by atoms with van der Waals surface area (Å²) in [5.41, 5.74) is 8.48. The first-order chi connectivity index (χ1) is 10.7. The highest BCUT2D eigenvalue weighted by Crippen LogP contribution is 2.28. The van der Waals surface area contributed by atoms with Crippen molar-refractivity contribution in [2.75, 3.05) is 13.7 Å². The molecule has 0 saturated carbocycles. The van der Waals surface area contributed by atoms with Gasteiger partial charge in [-0.2, -0.15) is 0 Å². The largest absolute Gasteiger partial charge is 0.493 e. The summed E-state index contributed by atoms with van der Waals surface area (Å²) < 4.78 is 11.3. The highest BCUT2D eigenvalue weighted by molar-refractivity contribution is 5.43. The first kappa shape index (κ1) is 16.4. The fourth-order valence-corrected chi connectivity index (χ4v) is 2.33. The normalized spacial score (nSPS) is 12.0. The Kier molecular flexibility index (Phi) is 6.28. The Hall–Kier alpha value is -2.00. The number of hydrogen-bond donors (Lipinski definition) is 1. The standard InChI is InChI=1S/C19H25NO2/c1-3-17(20)13-16-9-10-18(21-2)19(14-16)22-12-11-15-7-5-4-6-8-15/h4-10,14,17H,3,11-13,20H2,1-2H3/t17-/m1/s1. The zero-order valence-electron chi connectivity index (χ0n) is 13.4. The molecular formula is C19H25NO2. The van der Waals surface area contributed by atoms with E-state index in [2.05, 4.69) is 25.1 Å². The van der Waals surface area contributed by atoms with Crippen LogP contribution in [0.3, 0.4) is 0 Å². The fraction of sp³-hybridized carbons (Fsp3) is 0.368. The van der Waals surface area contributed by atoms with E-state index in [-0.39, 0.29) is 6.04 Å². The second-order valence-electron chi connectivity index (χ2n) is 5.44. The van der Waals surface area contributed by atoms with Crippen LogP contribution in [-0.4, -0.2) is 19.8 Å². The summed E-state index contributed by atoms with van der Waals surface area (Å²) in [7, 11) is 1.66. The number of nitrogens with two attached hydrogens (primary N) is 1. The third-order valence-corrected chi connectivity index (χ3v) is 3.74. The number of ether oxygens (including phenoxy) is 2. The molecule has 2 aromatic carbocycles. The molecule has 2 N–H and O–H groups in total. The van der Waals surface area contributed by atoms with Gasteiger partial charge in [-0.15, -0.1) is 0 Å². The van der Waals surface area contributed by atoms with Crippen LogP contribution in [0.25, 0.3) is 0 Å². The molecule has 118 valence electrons. The van der Waals surface area contributed by atoms with Crippen LogP contribution in [0.4, 0.5) is 0 Å². The molecule has 3 heteroatoms. The van der Waals surface area contributed by atoms with Gasteiger partial charge < -0.3 is 15.2 Å². The van der Waals surface area contributed by atoms with Gasteiger partial charge in [0.05, 0.1) is 13.7 Å². The van der Waals surface area contributed by atoms with Gasteiger partial charge in [0.25, 0.3) is 0 Å². The quantitative estimate of drug-likeness (QED) is 0.810. The highest BCUT2D eigenvalue weighted by atomic mass is 16.5. The lowest BCUT2D eigenvalue weighted by Gasteiger charge is -2.14. The van der Waals surface area contributed by atoms with Gasteiger partial charge in [-0.25, -0.2) is 0 Å². The van der Waals surface area contributed by atoms with Crippen molar-refractivity contribution >= 4 is 0 Å². The Morgan fingerprint density at radius 3 is 2.45 bits per heavy atom. The molecular weight excluding hydrogens is 274 g/mol. The average Bonchev–Trinajstić information content (AvgIpc) is 2.56. The molecule has 0 unspecified atom stereocenters. The molecule has 0 spiro atoms. The SMILES string of the molecule is CC[C@@H](N)Cc1ccc(OC)c(OCCc2ccccc2)c1. The lowest BCUT2D eigenvalue weighted by molar-refractivity contribution is 0.297. The van der Waals surface area contributed by atoms with Crippen molar-refractivity contribution in [2.45, 2.75) is 32.2 Å². The topological polar surface area (TPSA) is 44.5 Å². The molecule has 0 aliphatic carbocycles. The van der Waals surface area contributed by atoms with Crippen molar-refractivity contribution in [1.82, 2.24) is 0 Å². The molecule has 0 aliphatic heterocycles. The second-order valence-corrected chi connectivity index (χ2v) is 5.44. The predicted molar refractivity (Wildman–Crippen MR) is 90.6 cm³/mol. The summed E-state index contributed by atoms with van der Waals surface area (Å²) in [6.07, 6.45) is 2.70. The van der Waals surface area contributed by atoms with Crippen molar-refractivity contribution in [2.24, 2.45) is 5.73 Å².